The average molecular weight is 292 g/mol. The fraction of sp³-hybridized carbons (Fsp3) is 0.467. The molecule has 5 heteroatoms. The number of carbonyl (C=O) groups excluding carboxylic acids is 1. The minimum atomic E-state index is -0.334. The van der Waals surface area contributed by atoms with Gasteiger partial charge in [0.2, 0.25) is 0 Å². The Morgan fingerprint density at radius 2 is 2.05 bits per heavy atom. The summed E-state index contributed by atoms with van der Waals surface area (Å²) in [5.74, 6) is -0.334. The molecule has 0 aromatic heterocycles. The Kier molecular flexibility index (Phi) is 5.35. The zero-order chi connectivity index (χ0) is 14.4. The molecule has 0 saturated heterocycles. The predicted molar refractivity (Wildman–Crippen MR) is 84.0 cm³/mol. The number of esters is 1. The SMILES string of the molecule is CCOC(=O)c1ccccc1NC(=S)NC1CCCC1. The Morgan fingerprint density at radius 3 is 2.75 bits per heavy atom. The minimum absolute atomic E-state index is 0.334. The predicted octanol–water partition coefficient (Wildman–Crippen LogP) is 3.09. The average Bonchev–Trinajstić information content (AvgIpc) is 2.92. The van der Waals surface area contributed by atoms with Crippen molar-refractivity contribution in [3.63, 3.8) is 0 Å². The monoisotopic (exact) mass is 292 g/mol. The molecule has 1 aromatic carbocycles. The van der Waals surface area contributed by atoms with Crippen molar-refractivity contribution in [3.05, 3.63) is 29.8 Å². The summed E-state index contributed by atoms with van der Waals surface area (Å²) in [5, 5.41) is 6.95. The van der Waals surface area contributed by atoms with E-state index in [4.69, 9.17) is 17.0 Å². The van der Waals surface area contributed by atoms with Crippen molar-refractivity contribution in [2.24, 2.45) is 0 Å². The minimum Gasteiger partial charge on any atom is -0.462 e. The highest BCUT2D eigenvalue weighted by atomic mass is 32.1. The molecule has 0 unspecified atom stereocenters. The topological polar surface area (TPSA) is 50.4 Å². The van der Waals surface area contributed by atoms with Crippen LogP contribution >= 0.6 is 12.2 Å². The molecule has 0 heterocycles. The second-order valence-electron chi connectivity index (χ2n) is 4.85. The lowest BCUT2D eigenvalue weighted by molar-refractivity contribution is 0.0527. The lowest BCUT2D eigenvalue weighted by Gasteiger charge is -2.17. The van der Waals surface area contributed by atoms with Crippen LogP contribution in [0.4, 0.5) is 5.69 Å². The Balaban J connectivity index is 2.00. The number of para-hydroxylation sites is 1. The van der Waals surface area contributed by atoms with Crippen molar-refractivity contribution in [1.29, 1.82) is 0 Å². The zero-order valence-corrected chi connectivity index (χ0v) is 12.5. The number of hydrogen-bond acceptors (Lipinski definition) is 3. The fourth-order valence-corrected chi connectivity index (χ4v) is 2.67. The van der Waals surface area contributed by atoms with Gasteiger partial charge in [-0.1, -0.05) is 25.0 Å². The third-order valence-corrected chi connectivity index (χ3v) is 3.58. The Bertz CT molecular complexity index is 485. The van der Waals surface area contributed by atoms with Gasteiger partial charge in [0.1, 0.15) is 0 Å². The second kappa shape index (κ2) is 7.24. The summed E-state index contributed by atoms with van der Waals surface area (Å²) in [7, 11) is 0. The first-order valence-corrected chi connectivity index (χ1v) is 7.45. The standard InChI is InChI=1S/C15H20N2O2S/c1-2-19-14(18)12-9-5-6-10-13(12)17-15(20)16-11-7-3-4-8-11/h5-6,9-11H,2-4,7-8H2,1H3,(H2,16,17,20). The first-order valence-electron chi connectivity index (χ1n) is 7.04. The largest absolute Gasteiger partial charge is 0.462 e. The van der Waals surface area contributed by atoms with E-state index in [-0.39, 0.29) is 5.97 Å². The van der Waals surface area contributed by atoms with Crippen LogP contribution in [0.2, 0.25) is 0 Å². The normalized spacial score (nSPS) is 14.8. The van der Waals surface area contributed by atoms with E-state index in [1.165, 1.54) is 12.8 Å². The van der Waals surface area contributed by atoms with Gasteiger partial charge in [-0.25, -0.2) is 4.79 Å². The van der Waals surface area contributed by atoms with Crippen LogP contribution in [-0.4, -0.2) is 23.7 Å². The molecular formula is C15H20N2O2S. The molecule has 0 radical (unpaired) electrons. The summed E-state index contributed by atoms with van der Waals surface area (Å²) < 4.78 is 5.04. The van der Waals surface area contributed by atoms with E-state index in [1.54, 1.807) is 13.0 Å². The smallest absolute Gasteiger partial charge is 0.340 e. The van der Waals surface area contributed by atoms with E-state index >= 15 is 0 Å². The molecule has 0 amide bonds. The molecule has 0 atom stereocenters. The molecule has 0 spiro atoms. The van der Waals surface area contributed by atoms with Crippen molar-refractivity contribution in [1.82, 2.24) is 5.32 Å². The van der Waals surface area contributed by atoms with Crippen LogP contribution in [0.15, 0.2) is 24.3 Å². The van der Waals surface area contributed by atoms with Gasteiger partial charge in [0, 0.05) is 6.04 Å². The third-order valence-electron chi connectivity index (χ3n) is 3.36. The van der Waals surface area contributed by atoms with Gasteiger partial charge in [0.05, 0.1) is 17.9 Å². The van der Waals surface area contributed by atoms with Gasteiger partial charge in [-0.05, 0) is 44.1 Å². The molecule has 2 rings (SSSR count). The third kappa shape index (κ3) is 3.93. The van der Waals surface area contributed by atoms with Gasteiger partial charge < -0.3 is 15.4 Å². The van der Waals surface area contributed by atoms with Crippen molar-refractivity contribution in [3.8, 4) is 0 Å². The maximum Gasteiger partial charge on any atom is 0.340 e. The van der Waals surface area contributed by atoms with Crippen LogP contribution in [0.5, 0.6) is 0 Å². The summed E-state index contributed by atoms with van der Waals surface area (Å²) in [6.07, 6.45) is 4.81. The summed E-state index contributed by atoms with van der Waals surface area (Å²) in [4.78, 5) is 11.9. The van der Waals surface area contributed by atoms with Crippen LogP contribution in [0.3, 0.4) is 0 Å². The number of ether oxygens (including phenoxy) is 1. The van der Waals surface area contributed by atoms with Crippen molar-refractivity contribution < 1.29 is 9.53 Å². The highest BCUT2D eigenvalue weighted by Crippen LogP contribution is 2.19. The number of carbonyl (C=O) groups is 1. The van der Waals surface area contributed by atoms with Gasteiger partial charge in [-0.2, -0.15) is 0 Å². The molecule has 1 saturated carbocycles. The first-order chi connectivity index (χ1) is 9.70. The van der Waals surface area contributed by atoms with Gasteiger partial charge in [0.15, 0.2) is 5.11 Å². The lowest BCUT2D eigenvalue weighted by atomic mass is 10.2. The van der Waals surface area contributed by atoms with Crippen LogP contribution in [-0.2, 0) is 4.74 Å². The van der Waals surface area contributed by atoms with E-state index in [0.717, 1.165) is 12.8 Å². The van der Waals surface area contributed by atoms with Crippen LogP contribution < -0.4 is 10.6 Å². The molecule has 1 aliphatic carbocycles. The van der Waals surface area contributed by atoms with Gasteiger partial charge in [-0.3, -0.25) is 0 Å². The summed E-state index contributed by atoms with van der Waals surface area (Å²) >= 11 is 5.31. The van der Waals surface area contributed by atoms with Crippen molar-refractivity contribution >= 4 is 29.0 Å². The molecule has 0 aliphatic heterocycles. The van der Waals surface area contributed by atoms with Crippen molar-refractivity contribution in [2.75, 3.05) is 11.9 Å². The molecule has 20 heavy (non-hydrogen) atoms. The lowest BCUT2D eigenvalue weighted by Crippen LogP contribution is -2.36. The number of thiocarbonyl (C=S) groups is 1. The molecular weight excluding hydrogens is 272 g/mol. The highest BCUT2D eigenvalue weighted by molar-refractivity contribution is 7.80. The second-order valence-corrected chi connectivity index (χ2v) is 5.25. The van der Waals surface area contributed by atoms with E-state index in [0.29, 0.717) is 29.0 Å². The number of hydrogen-bond donors (Lipinski definition) is 2. The number of anilines is 1. The van der Waals surface area contributed by atoms with Gasteiger partial charge >= 0.3 is 5.97 Å². The Morgan fingerprint density at radius 1 is 1.35 bits per heavy atom. The van der Waals surface area contributed by atoms with Gasteiger partial charge in [-0.15, -0.1) is 0 Å². The fourth-order valence-electron chi connectivity index (χ4n) is 2.39. The van der Waals surface area contributed by atoms with Crippen LogP contribution in [0.1, 0.15) is 43.0 Å². The Labute approximate surface area is 124 Å². The summed E-state index contributed by atoms with van der Waals surface area (Å²) in [5.41, 5.74) is 1.19. The van der Waals surface area contributed by atoms with E-state index in [2.05, 4.69) is 10.6 Å². The molecule has 1 fully saturated rings. The molecule has 2 N–H and O–H groups in total. The highest BCUT2D eigenvalue weighted by Gasteiger charge is 2.17. The molecule has 0 bridgehead atoms. The number of benzene rings is 1. The number of rotatable bonds is 4. The maximum atomic E-state index is 11.9. The van der Waals surface area contributed by atoms with E-state index < -0.39 is 0 Å². The maximum absolute atomic E-state index is 11.9. The number of nitrogens with one attached hydrogen (secondary N) is 2. The zero-order valence-electron chi connectivity index (χ0n) is 11.6. The van der Waals surface area contributed by atoms with E-state index in [9.17, 15) is 4.79 Å². The van der Waals surface area contributed by atoms with Gasteiger partial charge in [0.25, 0.3) is 0 Å². The summed E-state index contributed by atoms with van der Waals surface area (Å²) in [6.45, 7) is 2.15. The molecule has 4 nitrogen and oxygen atoms in total. The van der Waals surface area contributed by atoms with Crippen molar-refractivity contribution in [2.45, 2.75) is 38.6 Å². The van der Waals surface area contributed by atoms with Crippen LogP contribution in [0, 0.1) is 0 Å². The molecule has 1 aliphatic rings. The van der Waals surface area contributed by atoms with Crippen LogP contribution in [0.25, 0.3) is 0 Å². The molecule has 1 aromatic rings. The summed E-state index contributed by atoms with van der Waals surface area (Å²) in [6, 6.07) is 7.69. The van der Waals surface area contributed by atoms with E-state index in [1.807, 2.05) is 18.2 Å². The Hall–Kier alpha value is -1.62. The first kappa shape index (κ1) is 14.8. The molecule has 108 valence electrons. The quantitative estimate of drug-likeness (QED) is 0.660.